The highest BCUT2D eigenvalue weighted by Gasteiger charge is 2.38. The number of benzene rings is 2. The number of amides is 2. The number of urea groups is 1. The number of para-hydroxylation sites is 1. The minimum Gasteiger partial charge on any atom is -0.369 e. The number of halogens is 2. The second-order valence-corrected chi connectivity index (χ2v) is 9.27. The molecule has 1 fully saturated rings. The molecule has 172 valence electrons. The van der Waals surface area contributed by atoms with Crippen LogP contribution in [0.1, 0.15) is 29.5 Å². The topological polar surface area (TPSA) is 44.6 Å². The van der Waals surface area contributed by atoms with Crippen LogP contribution in [-0.4, -0.2) is 39.8 Å². The SMILES string of the molecule is Cc1cccc(F)c1N1CCC(N2Cc3cn(C)nc3N(Cc3ccccc3Cl)C2=O)CC1. The van der Waals surface area contributed by atoms with E-state index in [-0.39, 0.29) is 17.9 Å². The third kappa shape index (κ3) is 4.06. The van der Waals surface area contributed by atoms with Crippen LogP contribution >= 0.6 is 11.6 Å². The fourth-order valence-electron chi connectivity index (χ4n) is 5.01. The first-order chi connectivity index (χ1) is 15.9. The van der Waals surface area contributed by atoms with E-state index in [1.54, 1.807) is 15.6 Å². The molecular formula is C25H27ClFN5O. The van der Waals surface area contributed by atoms with Crippen molar-refractivity contribution in [3.05, 3.63) is 76.2 Å². The van der Waals surface area contributed by atoms with Gasteiger partial charge in [-0.3, -0.25) is 9.58 Å². The monoisotopic (exact) mass is 467 g/mol. The van der Waals surface area contributed by atoms with E-state index in [1.807, 2.05) is 55.4 Å². The summed E-state index contributed by atoms with van der Waals surface area (Å²) in [5.74, 6) is 0.506. The Kier molecular flexibility index (Phi) is 5.74. The molecule has 5 rings (SSSR count). The van der Waals surface area contributed by atoms with Crippen LogP contribution in [0.4, 0.5) is 20.7 Å². The van der Waals surface area contributed by atoms with Gasteiger partial charge in [0.05, 0.1) is 18.8 Å². The molecule has 0 spiro atoms. The highest BCUT2D eigenvalue weighted by Crippen LogP contribution is 2.34. The zero-order valence-corrected chi connectivity index (χ0v) is 19.6. The van der Waals surface area contributed by atoms with Crippen molar-refractivity contribution >= 4 is 29.1 Å². The maximum absolute atomic E-state index is 14.5. The van der Waals surface area contributed by atoms with Crippen molar-refractivity contribution < 1.29 is 9.18 Å². The zero-order chi connectivity index (χ0) is 23.1. The molecule has 0 N–H and O–H groups in total. The highest BCUT2D eigenvalue weighted by atomic mass is 35.5. The Morgan fingerprint density at radius 2 is 1.88 bits per heavy atom. The van der Waals surface area contributed by atoms with E-state index in [0.717, 1.165) is 29.5 Å². The standard InChI is InChI=1S/C25H27ClFN5O/c1-17-6-5-9-22(27)23(17)30-12-10-20(11-13-30)31-16-19-14-29(2)28-24(19)32(25(31)33)15-18-7-3-4-8-21(18)26/h3-9,14,20H,10-13,15-16H2,1-2H3. The van der Waals surface area contributed by atoms with Gasteiger partial charge in [0.2, 0.25) is 0 Å². The van der Waals surface area contributed by atoms with E-state index in [2.05, 4.69) is 10.00 Å². The number of piperidine rings is 1. The molecule has 1 saturated heterocycles. The van der Waals surface area contributed by atoms with Crippen LogP contribution in [0.15, 0.2) is 48.7 Å². The molecule has 1 aromatic heterocycles. The first kappa shape index (κ1) is 21.8. The van der Waals surface area contributed by atoms with Crippen molar-refractivity contribution in [1.82, 2.24) is 14.7 Å². The molecule has 2 aliphatic heterocycles. The van der Waals surface area contributed by atoms with Gasteiger partial charge in [-0.2, -0.15) is 5.10 Å². The minimum absolute atomic E-state index is 0.0540. The van der Waals surface area contributed by atoms with Crippen LogP contribution in [0.3, 0.4) is 0 Å². The molecule has 2 aromatic carbocycles. The predicted octanol–water partition coefficient (Wildman–Crippen LogP) is 5.13. The van der Waals surface area contributed by atoms with Crippen molar-refractivity contribution in [2.45, 2.75) is 38.9 Å². The van der Waals surface area contributed by atoms with Gasteiger partial charge in [0, 0.05) is 43.0 Å². The molecule has 2 aliphatic rings. The Morgan fingerprint density at radius 1 is 1.12 bits per heavy atom. The zero-order valence-electron chi connectivity index (χ0n) is 18.8. The van der Waals surface area contributed by atoms with Crippen LogP contribution in [0, 0.1) is 12.7 Å². The number of hydrogen-bond donors (Lipinski definition) is 0. The Bertz CT molecular complexity index is 1170. The molecule has 0 bridgehead atoms. The third-order valence-electron chi connectivity index (χ3n) is 6.65. The number of nitrogens with zero attached hydrogens (tertiary/aromatic N) is 5. The van der Waals surface area contributed by atoms with Gasteiger partial charge in [-0.05, 0) is 43.0 Å². The number of rotatable bonds is 4. The lowest BCUT2D eigenvalue weighted by Crippen LogP contribution is -2.54. The number of aromatic nitrogens is 2. The average molecular weight is 468 g/mol. The van der Waals surface area contributed by atoms with Crippen molar-refractivity contribution in [2.24, 2.45) is 7.05 Å². The summed E-state index contributed by atoms with van der Waals surface area (Å²) in [6.45, 7) is 4.26. The maximum Gasteiger partial charge on any atom is 0.326 e. The molecule has 0 atom stereocenters. The minimum atomic E-state index is -0.187. The molecule has 0 radical (unpaired) electrons. The van der Waals surface area contributed by atoms with Crippen LogP contribution < -0.4 is 9.80 Å². The number of carbonyl (C=O) groups excluding carboxylic acids is 1. The van der Waals surface area contributed by atoms with E-state index in [0.29, 0.717) is 42.7 Å². The third-order valence-corrected chi connectivity index (χ3v) is 7.02. The molecule has 6 nitrogen and oxygen atoms in total. The van der Waals surface area contributed by atoms with E-state index in [1.165, 1.54) is 6.07 Å². The van der Waals surface area contributed by atoms with E-state index in [4.69, 9.17) is 11.6 Å². The Hall–Kier alpha value is -3.06. The Morgan fingerprint density at radius 3 is 2.61 bits per heavy atom. The molecule has 33 heavy (non-hydrogen) atoms. The Balaban J connectivity index is 1.37. The normalized spacial score (nSPS) is 17.0. The van der Waals surface area contributed by atoms with E-state index >= 15 is 0 Å². The number of hydrogen-bond acceptors (Lipinski definition) is 3. The molecule has 8 heteroatoms. The van der Waals surface area contributed by atoms with E-state index in [9.17, 15) is 9.18 Å². The molecular weight excluding hydrogens is 441 g/mol. The number of aryl methyl sites for hydroxylation is 2. The molecule has 0 saturated carbocycles. The number of anilines is 2. The summed E-state index contributed by atoms with van der Waals surface area (Å²) >= 11 is 6.39. The van der Waals surface area contributed by atoms with Gasteiger partial charge < -0.3 is 9.80 Å². The number of fused-ring (bicyclic) bond motifs is 1. The maximum atomic E-state index is 14.5. The van der Waals surface area contributed by atoms with Gasteiger partial charge in [-0.15, -0.1) is 0 Å². The summed E-state index contributed by atoms with van der Waals surface area (Å²) in [6.07, 6.45) is 3.55. The van der Waals surface area contributed by atoms with Crippen LogP contribution in [0.2, 0.25) is 5.02 Å². The lowest BCUT2D eigenvalue weighted by molar-refractivity contribution is 0.159. The van der Waals surface area contributed by atoms with Gasteiger partial charge in [0.15, 0.2) is 5.82 Å². The van der Waals surface area contributed by atoms with E-state index < -0.39 is 0 Å². The van der Waals surface area contributed by atoms with Gasteiger partial charge in [0.1, 0.15) is 5.82 Å². The van der Waals surface area contributed by atoms with Crippen molar-refractivity contribution in [3.63, 3.8) is 0 Å². The van der Waals surface area contributed by atoms with Crippen molar-refractivity contribution in [2.75, 3.05) is 22.9 Å². The smallest absolute Gasteiger partial charge is 0.326 e. The first-order valence-corrected chi connectivity index (χ1v) is 11.6. The fourth-order valence-corrected chi connectivity index (χ4v) is 5.21. The predicted molar refractivity (Wildman–Crippen MR) is 128 cm³/mol. The van der Waals surface area contributed by atoms with Gasteiger partial charge in [0.25, 0.3) is 0 Å². The summed E-state index contributed by atoms with van der Waals surface area (Å²) in [5.41, 5.74) is 3.52. The molecule has 3 aromatic rings. The summed E-state index contributed by atoms with van der Waals surface area (Å²) in [7, 11) is 1.87. The Labute approximate surface area is 198 Å². The van der Waals surface area contributed by atoms with Crippen LogP contribution in [0.5, 0.6) is 0 Å². The van der Waals surface area contributed by atoms with Crippen molar-refractivity contribution in [1.29, 1.82) is 0 Å². The molecule has 0 unspecified atom stereocenters. The second-order valence-electron chi connectivity index (χ2n) is 8.86. The number of carbonyl (C=O) groups is 1. The summed E-state index contributed by atoms with van der Waals surface area (Å²) in [6, 6.07) is 12.8. The van der Waals surface area contributed by atoms with Crippen LogP contribution in [-0.2, 0) is 20.1 Å². The fraction of sp³-hybridized carbons (Fsp3) is 0.360. The quantitative estimate of drug-likeness (QED) is 0.534. The summed E-state index contributed by atoms with van der Waals surface area (Å²) < 4.78 is 16.2. The molecule has 2 amide bonds. The lowest BCUT2D eigenvalue weighted by atomic mass is 10.00. The van der Waals surface area contributed by atoms with Gasteiger partial charge in [-0.1, -0.05) is 41.9 Å². The molecule has 3 heterocycles. The highest BCUT2D eigenvalue weighted by molar-refractivity contribution is 6.31. The summed E-state index contributed by atoms with van der Waals surface area (Å²) in [5, 5.41) is 5.19. The average Bonchev–Trinajstić information content (AvgIpc) is 3.17. The molecule has 0 aliphatic carbocycles. The second kappa shape index (κ2) is 8.71. The first-order valence-electron chi connectivity index (χ1n) is 11.3. The lowest BCUT2D eigenvalue weighted by Gasteiger charge is -2.43. The van der Waals surface area contributed by atoms with Gasteiger partial charge in [-0.25, -0.2) is 9.18 Å². The van der Waals surface area contributed by atoms with Crippen LogP contribution in [0.25, 0.3) is 0 Å². The van der Waals surface area contributed by atoms with Gasteiger partial charge >= 0.3 is 6.03 Å². The van der Waals surface area contributed by atoms with Crippen molar-refractivity contribution in [3.8, 4) is 0 Å². The largest absolute Gasteiger partial charge is 0.369 e. The summed E-state index contributed by atoms with van der Waals surface area (Å²) in [4.78, 5) is 19.4.